The number of anilines is 1. The molecule has 0 bridgehead atoms. The molecule has 2 heterocycles. The van der Waals surface area contributed by atoms with Crippen molar-refractivity contribution in [1.82, 2.24) is 9.97 Å². The zero-order valence-corrected chi connectivity index (χ0v) is 11.6. The lowest BCUT2D eigenvalue weighted by Crippen LogP contribution is -2.36. The lowest BCUT2D eigenvalue weighted by molar-refractivity contribution is 0.326. The van der Waals surface area contributed by atoms with Gasteiger partial charge >= 0.3 is 0 Å². The van der Waals surface area contributed by atoms with E-state index in [1.165, 1.54) is 19.3 Å². The molecule has 1 fully saturated rings. The second-order valence-electron chi connectivity index (χ2n) is 4.50. The Kier molecular flexibility index (Phi) is 5.05. The summed E-state index contributed by atoms with van der Waals surface area (Å²) in [6, 6.07) is 2.28. The topological polar surface area (TPSA) is 38.2 Å². The average Bonchev–Trinajstić information content (AvgIpc) is 2.64. The standard InChI is InChI=1S/C13H20ClN3O/c1-2-18-13-8-12(15-10-16-13)17-7-5-3-4-6-11(17)9-14/h8,10-11H,2-7,9H2,1H3. The lowest BCUT2D eigenvalue weighted by Gasteiger charge is -2.29. The molecule has 1 saturated heterocycles. The van der Waals surface area contributed by atoms with Crippen molar-refractivity contribution in [2.45, 2.75) is 38.6 Å². The summed E-state index contributed by atoms with van der Waals surface area (Å²) in [7, 11) is 0. The van der Waals surface area contributed by atoms with E-state index < -0.39 is 0 Å². The molecular weight excluding hydrogens is 250 g/mol. The highest BCUT2D eigenvalue weighted by molar-refractivity contribution is 6.18. The van der Waals surface area contributed by atoms with Gasteiger partial charge in [0.15, 0.2) is 0 Å². The van der Waals surface area contributed by atoms with E-state index in [0.29, 0.717) is 24.4 Å². The van der Waals surface area contributed by atoms with Crippen LogP contribution in [0.5, 0.6) is 5.88 Å². The van der Waals surface area contributed by atoms with Crippen LogP contribution >= 0.6 is 11.6 Å². The van der Waals surface area contributed by atoms with Crippen molar-refractivity contribution in [3.8, 4) is 5.88 Å². The van der Waals surface area contributed by atoms with Crippen molar-refractivity contribution in [3.63, 3.8) is 0 Å². The van der Waals surface area contributed by atoms with E-state index >= 15 is 0 Å². The maximum atomic E-state index is 6.08. The van der Waals surface area contributed by atoms with Crippen LogP contribution in [0.2, 0.25) is 0 Å². The molecule has 1 unspecified atom stereocenters. The molecule has 1 aromatic heterocycles. The average molecular weight is 270 g/mol. The molecule has 5 heteroatoms. The van der Waals surface area contributed by atoms with Gasteiger partial charge in [0.25, 0.3) is 0 Å². The first-order valence-electron chi connectivity index (χ1n) is 6.62. The van der Waals surface area contributed by atoms with E-state index in [2.05, 4.69) is 14.9 Å². The van der Waals surface area contributed by atoms with Crippen molar-refractivity contribution in [3.05, 3.63) is 12.4 Å². The minimum Gasteiger partial charge on any atom is -0.478 e. The Morgan fingerprint density at radius 1 is 1.39 bits per heavy atom. The molecule has 4 nitrogen and oxygen atoms in total. The Bertz CT molecular complexity index is 375. The summed E-state index contributed by atoms with van der Waals surface area (Å²) in [5.41, 5.74) is 0. The molecule has 0 aliphatic carbocycles. The SMILES string of the molecule is CCOc1cc(N2CCCCCC2CCl)ncn1. The third kappa shape index (κ3) is 3.25. The van der Waals surface area contributed by atoms with Gasteiger partial charge in [-0.15, -0.1) is 11.6 Å². The number of aromatic nitrogens is 2. The number of hydrogen-bond donors (Lipinski definition) is 0. The molecule has 1 aliphatic rings. The smallest absolute Gasteiger partial charge is 0.218 e. The van der Waals surface area contributed by atoms with Gasteiger partial charge in [-0.05, 0) is 19.8 Å². The number of halogens is 1. The molecule has 1 atom stereocenters. The van der Waals surface area contributed by atoms with Gasteiger partial charge in [-0.1, -0.05) is 12.8 Å². The molecule has 0 amide bonds. The van der Waals surface area contributed by atoms with E-state index in [0.717, 1.165) is 18.8 Å². The molecule has 0 aromatic carbocycles. The molecule has 0 radical (unpaired) electrons. The van der Waals surface area contributed by atoms with Crippen LogP contribution in [0.4, 0.5) is 5.82 Å². The lowest BCUT2D eigenvalue weighted by atomic mass is 10.1. The molecule has 1 aliphatic heterocycles. The normalized spacial score (nSPS) is 20.6. The van der Waals surface area contributed by atoms with E-state index in [4.69, 9.17) is 16.3 Å². The fourth-order valence-corrected chi connectivity index (χ4v) is 2.67. The van der Waals surface area contributed by atoms with Crippen molar-refractivity contribution >= 4 is 17.4 Å². The van der Waals surface area contributed by atoms with Crippen molar-refractivity contribution in [2.24, 2.45) is 0 Å². The van der Waals surface area contributed by atoms with E-state index in [-0.39, 0.29) is 0 Å². The van der Waals surface area contributed by atoms with Crippen LogP contribution in [0.1, 0.15) is 32.6 Å². The van der Waals surface area contributed by atoms with E-state index in [9.17, 15) is 0 Å². The van der Waals surface area contributed by atoms with Crippen molar-refractivity contribution in [2.75, 3.05) is 23.9 Å². The minimum atomic E-state index is 0.374. The van der Waals surface area contributed by atoms with Crippen LogP contribution in [0.25, 0.3) is 0 Å². The summed E-state index contributed by atoms with van der Waals surface area (Å²) in [5.74, 6) is 2.22. The minimum absolute atomic E-state index is 0.374. The highest BCUT2D eigenvalue weighted by atomic mass is 35.5. The van der Waals surface area contributed by atoms with Crippen LogP contribution in [0.15, 0.2) is 12.4 Å². The first kappa shape index (κ1) is 13.4. The maximum Gasteiger partial charge on any atom is 0.218 e. The summed E-state index contributed by atoms with van der Waals surface area (Å²) in [6.07, 6.45) is 6.42. The van der Waals surface area contributed by atoms with Crippen molar-refractivity contribution < 1.29 is 4.74 Å². The molecular formula is C13H20ClN3O. The van der Waals surface area contributed by atoms with Crippen LogP contribution in [0.3, 0.4) is 0 Å². The third-order valence-corrected chi connectivity index (χ3v) is 3.63. The van der Waals surface area contributed by atoms with Gasteiger partial charge < -0.3 is 9.64 Å². The van der Waals surface area contributed by atoms with Gasteiger partial charge in [0.1, 0.15) is 12.1 Å². The summed E-state index contributed by atoms with van der Waals surface area (Å²) < 4.78 is 5.43. The highest BCUT2D eigenvalue weighted by Gasteiger charge is 2.21. The predicted octanol–water partition coefficient (Wildman–Crippen LogP) is 2.86. The zero-order valence-electron chi connectivity index (χ0n) is 10.8. The Morgan fingerprint density at radius 2 is 2.28 bits per heavy atom. The molecule has 1 aromatic rings. The van der Waals surface area contributed by atoms with Gasteiger partial charge in [-0.3, -0.25) is 0 Å². The fourth-order valence-electron chi connectivity index (χ4n) is 2.35. The summed E-state index contributed by atoms with van der Waals surface area (Å²) in [4.78, 5) is 10.8. The van der Waals surface area contributed by atoms with Gasteiger partial charge in [0, 0.05) is 24.5 Å². The molecule has 0 spiro atoms. The van der Waals surface area contributed by atoms with Gasteiger partial charge in [0.2, 0.25) is 5.88 Å². The molecule has 0 N–H and O–H groups in total. The predicted molar refractivity (Wildman–Crippen MR) is 73.5 cm³/mol. The van der Waals surface area contributed by atoms with Crippen LogP contribution < -0.4 is 9.64 Å². The molecule has 2 rings (SSSR count). The summed E-state index contributed by atoms with van der Waals surface area (Å²) in [6.45, 7) is 3.59. The highest BCUT2D eigenvalue weighted by Crippen LogP contribution is 2.24. The molecule has 100 valence electrons. The third-order valence-electron chi connectivity index (χ3n) is 3.27. The van der Waals surface area contributed by atoms with Crippen molar-refractivity contribution in [1.29, 1.82) is 0 Å². The Hall–Kier alpha value is -1.03. The quantitative estimate of drug-likeness (QED) is 0.788. The number of alkyl halides is 1. The second kappa shape index (κ2) is 6.78. The number of nitrogens with zero attached hydrogens (tertiary/aromatic N) is 3. The maximum absolute atomic E-state index is 6.08. The summed E-state index contributed by atoms with van der Waals surface area (Å²) in [5, 5.41) is 0. The number of rotatable bonds is 4. The molecule has 0 saturated carbocycles. The first-order chi connectivity index (χ1) is 8.85. The van der Waals surface area contributed by atoms with E-state index in [1.807, 2.05) is 13.0 Å². The molecule has 18 heavy (non-hydrogen) atoms. The first-order valence-corrected chi connectivity index (χ1v) is 7.16. The number of hydrogen-bond acceptors (Lipinski definition) is 4. The van der Waals surface area contributed by atoms with Gasteiger partial charge in [-0.2, -0.15) is 0 Å². The monoisotopic (exact) mass is 269 g/mol. The fraction of sp³-hybridized carbons (Fsp3) is 0.692. The van der Waals surface area contributed by atoms with Gasteiger partial charge in [0.05, 0.1) is 6.61 Å². The number of ether oxygens (including phenoxy) is 1. The second-order valence-corrected chi connectivity index (χ2v) is 4.81. The largest absolute Gasteiger partial charge is 0.478 e. The summed E-state index contributed by atoms with van der Waals surface area (Å²) >= 11 is 6.08. The van der Waals surface area contributed by atoms with Crippen LogP contribution in [0, 0.1) is 0 Å². The Labute approximate surface area is 113 Å². The Morgan fingerprint density at radius 3 is 3.06 bits per heavy atom. The zero-order chi connectivity index (χ0) is 12.8. The van der Waals surface area contributed by atoms with Crippen LogP contribution in [-0.4, -0.2) is 35.0 Å². The Balaban J connectivity index is 2.18. The van der Waals surface area contributed by atoms with Crippen LogP contribution in [-0.2, 0) is 0 Å². The van der Waals surface area contributed by atoms with E-state index in [1.54, 1.807) is 6.33 Å². The van der Waals surface area contributed by atoms with Gasteiger partial charge in [-0.25, -0.2) is 9.97 Å².